The fourth-order valence-electron chi connectivity index (χ4n) is 2.22. The van der Waals surface area contributed by atoms with Gasteiger partial charge < -0.3 is 16.3 Å². The second-order valence-corrected chi connectivity index (χ2v) is 5.31. The molecule has 0 spiro atoms. The van der Waals surface area contributed by atoms with Crippen molar-refractivity contribution >= 4 is 11.6 Å². The maximum Gasteiger partial charge on any atom is 0.170 e. The summed E-state index contributed by atoms with van der Waals surface area (Å²) >= 11 is 0. The van der Waals surface area contributed by atoms with Crippen LogP contribution in [0.3, 0.4) is 0 Å². The van der Waals surface area contributed by atoms with Gasteiger partial charge in [-0.05, 0) is 11.1 Å². The summed E-state index contributed by atoms with van der Waals surface area (Å²) in [5, 5.41) is 14.8. The molecule has 0 unspecified atom stereocenters. The minimum Gasteiger partial charge on any atom is -0.409 e. The molecule has 0 saturated carbocycles. The van der Waals surface area contributed by atoms with Crippen LogP contribution < -0.4 is 11.1 Å². The lowest BCUT2D eigenvalue weighted by molar-refractivity contribution is -0.118. The third-order valence-electron chi connectivity index (χ3n) is 3.51. The summed E-state index contributed by atoms with van der Waals surface area (Å²) in [4.78, 5) is 11.9. The molecule has 0 bridgehead atoms. The Morgan fingerprint density at radius 3 is 2.39 bits per heavy atom. The first-order valence-electron chi connectivity index (χ1n) is 7.52. The highest BCUT2D eigenvalue weighted by Crippen LogP contribution is 2.05. The first kappa shape index (κ1) is 16.7. The molecule has 0 heterocycles. The van der Waals surface area contributed by atoms with E-state index in [0.717, 1.165) is 11.1 Å². The highest BCUT2D eigenvalue weighted by molar-refractivity contribution is 5.96. The average molecular weight is 311 g/mol. The number of nitrogens with two attached hydrogens (primary N) is 1. The molecule has 0 aromatic heterocycles. The molecule has 0 amide bonds. The number of carbonyl (C=O) groups is 1. The zero-order valence-electron chi connectivity index (χ0n) is 12.9. The first-order chi connectivity index (χ1) is 11.2. The first-order valence-corrected chi connectivity index (χ1v) is 7.52. The lowest BCUT2D eigenvalue weighted by atomic mass is 10.1. The molecule has 0 aliphatic rings. The number of rotatable bonds is 8. The van der Waals surface area contributed by atoms with Gasteiger partial charge in [-0.1, -0.05) is 59.8 Å². The van der Waals surface area contributed by atoms with Gasteiger partial charge in [0.25, 0.3) is 0 Å². The van der Waals surface area contributed by atoms with E-state index in [1.807, 2.05) is 42.5 Å². The van der Waals surface area contributed by atoms with Crippen LogP contribution in [-0.4, -0.2) is 23.4 Å². The van der Waals surface area contributed by atoms with Crippen molar-refractivity contribution in [1.29, 1.82) is 0 Å². The number of benzene rings is 2. The predicted molar refractivity (Wildman–Crippen MR) is 90.4 cm³/mol. The summed E-state index contributed by atoms with van der Waals surface area (Å²) in [6.07, 6.45) is 0.994. The number of hydrogen-bond donors (Lipinski definition) is 3. The van der Waals surface area contributed by atoms with Gasteiger partial charge in [0.2, 0.25) is 0 Å². The van der Waals surface area contributed by atoms with Gasteiger partial charge in [-0.15, -0.1) is 0 Å². The van der Waals surface area contributed by atoms with Crippen LogP contribution in [0.25, 0.3) is 0 Å². The van der Waals surface area contributed by atoms with Crippen molar-refractivity contribution in [2.75, 3.05) is 6.54 Å². The van der Waals surface area contributed by atoms with Crippen LogP contribution in [0.1, 0.15) is 23.1 Å². The second kappa shape index (κ2) is 8.70. The monoisotopic (exact) mass is 311 g/mol. The SMILES string of the molecule is NC(=NO)c1ccc(CNCCC(=O)Cc2ccccc2)cc1. The summed E-state index contributed by atoms with van der Waals surface area (Å²) in [5.41, 5.74) is 8.32. The Hall–Kier alpha value is -2.66. The largest absolute Gasteiger partial charge is 0.409 e. The summed E-state index contributed by atoms with van der Waals surface area (Å²) in [5.74, 6) is 0.321. The van der Waals surface area contributed by atoms with Gasteiger partial charge in [-0.3, -0.25) is 4.79 Å². The van der Waals surface area contributed by atoms with Crippen molar-refractivity contribution < 1.29 is 10.0 Å². The van der Waals surface area contributed by atoms with Gasteiger partial charge in [0.15, 0.2) is 5.84 Å². The summed E-state index contributed by atoms with van der Waals surface area (Å²) in [6.45, 7) is 1.32. The van der Waals surface area contributed by atoms with Crippen molar-refractivity contribution in [3.8, 4) is 0 Å². The van der Waals surface area contributed by atoms with Crippen molar-refractivity contribution in [3.05, 3.63) is 71.3 Å². The molecular formula is C18H21N3O2. The highest BCUT2D eigenvalue weighted by atomic mass is 16.4. The quantitative estimate of drug-likeness (QED) is 0.229. The van der Waals surface area contributed by atoms with Gasteiger partial charge in [-0.25, -0.2) is 0 Å². The number of hydrogen-bond acceptors (Lipinski definition) is 4. The minimum absolute atomic E-state index is 0.0935. The Morgan fingerprint density at radius 2 is 1.74 bits per heavy atom. The Labute approximate surface area is 135 Å². The van der Waals surface area contributed by atoms with E-state index in [1.54, 1.807) is 12.1 Å². The fourth-order valence-corrected chi connectivity index (χ4v) is 2.22. The molecule has 120 valence electrons. The Kier molecular flexibility index (Phi) is 6.32. The highest BCUT2D eigenvalue weighted by Gasteiger charge is 2.03. The van der Waals surface area contributed by atoms with Crippen molar-refractivity contribution in [2.24, 2.45) is 10.9 Å². The second-order valence-electron chi connectivity index (χ2n) is 5.31. The zero-order chi connectivity index (χ0) is 16.5. The smallest absolute Gasteiger partial charge is 0.170 e. The number of nitrogens with one attached hydrogen (secondary N) is 1. The zero-order valence-corrected chi connectivity index (χ0v) is 12.9. The minimum atomic E-state index is 0.0935. The van der Waals surface area contributed by atoms with Crippen molar-refractivity contribution in [3.63, 3.8) is 0 Å². The van der Waals surface area contributed by atoms with Crippen LogP contribution in [0.15, 0.2) is 59.8 Å². The molecule has 0 aliphatic heterocycles. The van der Waals surface area contributed by atoms with Gasteiger partial charge in [0.1, 0.15) is 5.78 Å². The standard InChI is InChI=1S/C18H21N3O2/c19-18(21-23)16-8-6-15(7-9-16)13-20-11-10-17(22)12-14-4-2-1-3-5-14/h1-9,20,23H,10-13H2,(H2,19,21). The van der Waals surface area contributed by atoms with Crippen LogP contribution in [0.5, 0.6) is 0 Å². The maximum absolute atomic E-state index is 11.9. The topological polar surface area (TPSA) is 87.7 Å². The number of amidine groups is 1. The van der Waals surface area contributed by atoms with Crippen LogP contribution in [0.2, 0.25) is 0 Å². The maximum atomic E-state index is 11.9. The molecule has 0 saturated heterocycles. The van der Waals surface area contributed by atoms with Crippen LogP contribution in [0.4, 0.5) is 0 Å². The molecule has 4 N–H and O–H groups in total. The van der Waals surface area contributed by atoms with Crippen LogP contribution in [0, 0.1) is 0 Å². The van der Waals surface area contributed by atoms with Gasteiger partial charge in [-0.2, -0.15) is 0 Å². The molecule has 2 rings (SSSR count). The molecule has 5 nitrogen and oxygen atoms in total. The third-order valence-corrected chi connectivity index (χ3v) is 3.51. The van der Waals surface area contributed by atoms with E-state index in [1.165, 1.54) is 0 Å². The molecule has 0 atom stereocenters. The fraction of sp³-hybridized carbons (Fsp3) is 0.222. The molecule has 0 radical (unpaired) electrons. The van der Waals surface area contributed by atoms with E-state index in [9.17, 15) is 4.79 Å². The molecular weight excluding hydrogens is 290 g/mol. The Balaban J connectivity index is 1.70. The Bertz CT molecular complexity index is 652. The lowest BCUT2D eigenvalue weighted by Crippen LogP contribution is -2.19. The summed E-state index contributed by atoms with van der Waals surface area (Å²) in [7, 11) is 0. The third kappa shape index (κ3) is 5.56. The molecule has 0 aliphatic carbocycles. The van der Waals surface area contributed by atoms with Crippen molar-refractivity contribution in [1.82, 2.24) is 5.32 Å². The number of carbonyl (C=O) groups excluding carboxylic acids is 1. The van der Waals surface area contributed by atoms with E-state index >= 15 is 0 Å². The van der Waals surface area contributed by atoms with Gasteiger partial charge in [0.05, 0.1) is 0 Å². The molecule has 2 aromatic carbocycles. The normalized spacial score (nSPS) is 11.4. The van der Waals surface area contributed by atoms with E-state index < -0.39 is 0 Å². The van der Waals surface area contributed by atoms with Gasteiger partial charge in [0, 0.05) is 31.5 Å². The van der Waals surface area contributed by atoms with Crippen LogP contribution in [-0.2, 0) is 17.8 Å². The molecule has 23 heavy (non-hydrogen) atoms. The van der Waals surface area contributed by atoms with E-state index in [4.69, 9.17) is 10.9 Å². The lowest BCUT2D eigenvalue weighted by Gasteiger charge is -2.06. The number of oxime groups is 1. The van der Waals surface area contributed by atoms with E-state index in [0.29, 0.717) is 31.5 Å². The van der Waals surface area contributed by atoms with Crippen LogP contribution >= 0.6 is 0 Å². The van der Waals surface area contributed by atoms with Crippen molar-refractivity contribution in [2.45, 2.75) is 19.4 Å². The van der Waals surface area contributed by atoms with E-state index in [-0.39, 0.29) is 11.6 Å². The predicted octanol–water partition coefficient (Wildman–Crippen LogP) is 2.07. The molecule has 2 aromatic rings. The number of Topliss-reactive ketones (excluding diaryl/α,β-unsaturated/α-hetero) is 1. The number of ketones is 1. The molecule has 5 heteroatoms. The number of nitrogens with zero attached hydrogens (tertiary/aromatic N) is 1. The average Bonchev–Trinajstić information content (AvgIpc) is 2.59. The van der Waals surface area contributed by atoms with E-state index in [2.05, 4.69) is 10.5 Å². The van der Waals surface area contributed by atoms with Gasteiger partial charge >= 0.3 is 0 Å². The molecule has 0 fully saturated rings. The summed E-state index contributed by atoms with van der Waals surface area (Å²) in [6, 6.07) is 17.2. The summed E-state index contributed by atoms with van der Waals surface area (Å²) < 4.78 is 0. The Morgan fingerprint density at radius 1 is 1.04 bits per heavy atom.